The number of amides is 1. The lowest BCUT2D eigenvalue weighted by atomic mass is 10.1. The van der Waals surface area contributed by atoms with E-state index in [-0.39, 0.29) is 30.5 Å². The number of carbonyl (C=O) groups excluding carboxylic acids is 1. The van der Waals surface area contributed by atoms with Gasteiger partial charge in [-0.1, -0.05) is 6.07 Å². The Bertz CT molecular complexity index is 510. The minimum atomic E-state index is -0.989. The second-order valence-corrected chi connectivity index (χ2v) is 5.26. The summed E-state index contributed by atoms with van der Waals surface area (Å²) in [5.41, 5.74) is -1.08. The first kappa shape index (κ1) is 16.9. The molecule has 0 spiro atoms. The van der Waals surface area contributed by atoms with E-state index in [1.54, 1.807) is 26.8 Å². The molecule has 1 aromatic carbocycles. The molecule has 21 heavy (non-hydrogen) atoms. The minimum absolute atomic E-state index is 0.0937. The van der Waals surface area contributed by atoms with Crippen molar-refractivity contribution >= 4 is 11.6 Å². The zero-order chi connectivity index (χ0) is 16.0. The lowest BCUT2D eigenvalue weighted by Gasteiger charge is -2.28. The van der Waals surface area contributed by atoms with Gasteiger partial charge < -0.3 is 14.7 Å². The van der Waals surface area contributed by atoms with Gasteiger partial charge in [0.1, 0.15) is 5.75 Å². The van der Waals surface area contributed by atoms with Gasteiger partial charge in [0.05, 0.1) is 16.6 Å². The van der Waals surface area contributed by atoms with Crippen LogP contribution in [0.2, 0.25) is 0 Å². The molecular weight excluding hydrogens is 276 g/mol. The van der Waals surface area contributed by atoms with E-state index in [2.05, 4.69) is 0 Å². The number of benzene rings is 1. The van der Waals surface area contributed by atoms with Crippen molar-refractivity contribution in [1.82, 2.24) is 4.90 Å². The molecule has 0 heterocycles. The fourth-order valence-corrected chi connectivity index (χ4v) is 1.77. The van der Waals surface area contributed by atoms with Crippen molar-refractivity contribution in [1.29, 1.82) is 0 Å². The van der Waals surface area contributed by atoms with Crippen LogP contribution in [0.1, 0.15) is 20.8 Å². The van der Waals surface area contributed by atoms with E-state index < -0.39 is 10.5 Å². The van der Waals surface area contributed by atoms with Crippen molar-refractivity contribution < 1.29 is 19.6 Å². The molecule has 1 amide bonds. The molecule has 0 saturated carbocycles. The van der Waals surface area contributed by atoms with E-state index >= 15 is 0 Å². The summed E-state index contributed by atoms with van der Waals surface area (Å²) in [6.07, 6.45) is 0. The van der Waals surface area contributed by atoms with Gasteiger partial charge in [0, 0.05) is 19.2 Å². The molecule has 0 aliphatic heterocycles. The highest BCUT2D eigenvalue weighted by Gasteiger charge is 2.21. The molecular formula is C14H20N2O5. The number of nitro benzene ring substituents is 1. The van der Waals surface area contributed by atoms with Gasteiger partial charge in [0.15, 0.2) is 6.61 Å². The van der Waals surface area contributed by atoms with Crippen LogP contribution in [-0.4, -0.2) is 46.1 Å². The number of nitro groups is 1. The summed E-state index contributed by atoms with van der Waals surface area (Å²) >= 11 is 0. The third-order valence-corrected chi connectivity index (χ3v) is 2.70. The van der Waals surface area contributed by atoms with E-state index in [1.165, 1.54) is 23.1 Å². The molecule has 1 rings (SSSR count). The molecule has 0 atom stereocenters. The molecule has 1 aromatic rings. The molecule has 0 saturated heterocycles. The molecule has 0 aliphatic carbocycles. The highest BCUT2D eigenvalue weighted by Crippen LogP contribution is 2.19. The highest BCUT2D eigenvalue weighted by atomic mass is 16.6. The summed E-state index contributed by atoms with van der Waals surface area (Å²) in [4.78, 5) is 23.6. The lowest BCUT2D eigenvalue weighted by molar-refractivity contribution is -0.384. The Morgan fingerprint density at radius 3 is 2.67 bits per heavy atom. The summed E-state index contributed by atoms with van der Waals surface area (Å²) in [7, 11) is 0. The molecule has 0 aliphatic rings. The fourth-order valence-electron chi connectivity index (χ4n) is 1.77. The maximum atomic E-state index is 12.0. The van der Waals surface area contributed by atoms with Crippen molar-refractivity contribution in [2.45, 2.75) is 26.4 Å². The molecule has 0 radical (unpaired) electrons. The first-order chi connectivity index (χ1) is 9.73. The summed E-state index contributed by atoms with van der Waals surface area (Å²) < 4.78 is 5.28. The Morgan fingerprint density at radius 2 is 2.14 bits per heavy atom. The van der Waals surface area contributed by atoms with Crippen LogP contribution in [0.5, 0.6) is 5.75 Å². The SMILES string of the molecule is CCN(CC(C)(C)O)C(=O)COc1cccc([N+](=O)[O-])c1. The summed E-state index contributed by atoms with van der Waals surface area (Å²) in [6.45, 7) is 5.44. The molecule has 116 valence electrons. The summed E-state index contributed by atoms with van der Waals surface area (Å²) in [6, 6.07) is 5.65. The van der Waals surface area contributed by atoms with Gasteiger partial charge in [-0.2, -0.15) is 0 Å². The monoisotopic (exact) mass is 296 g/mol. The van der Waals surface area contributed by atoms with Crippen LogP contribution in [-0.2, 0) is 4.79 Å². The molecule has 0 aromatic heterocycles. The molecule has 0 fully saturated rings. The van der Waals surface area contributed by atoms with E-state index in [0.717, 1.165) is 0 Å². The Kier molecular flexibility index (Phi) is 5.66. The Morgan fingerprint density at radius 1 is 1.48 bits per heavy atom. The Hall–Kier alpha value is -2.15. The zero-order valence-corrected chi connectivity index (χ0v) is 12.4. The molecule has 0 bridgehead atoms. The maximum Gasteiger partial charge on any atom is 0.273 e. The summed E-state index contributed by atoms with van der Waals surface area (Å²) in [5.74, 6) is -0.0250. The largest absolute Gasteiger partial charge is 0.484 e. The number of non-ortho nitro benzene ring substituents is 1. The number of aliphatic hydroxyl groups is 1. The average molecular weight is 296 g/mol. The van der Waals surface area contributed by atoms with Crippen molar-refractivity contribution in [2.75, 3.05) is 19.7 Å². The smallest absolute Gasteiger partial charge is 0.273 e. The van der Waals surface area contributed by atoms with Crippen LogP contribution in [0.25, 0.3) is 0 Å². The second kappa shape index (κ2) is 7.03. The van der Waals surface area contributed by atoms with Crippen molar-refractivity contribution in [2.24, 2.45) is 0 Å². The van der Waals surface area contributed by atoms with Crippen LogP contribution in [0.3, 0.4) is 0 Å². The molecule has 7 heteroatoms. The second-order valence-electron chi connectivity index (χ2n) is 5.26. The maximum absolute atomic E-state index is 12.0. The van der Waals surface area contributed by atoms with E-state index in [9.17, 15) is 20.0 Å². The quantitative estimate of drug-likeness (QED) is 0.609. The fraction of sp³-hybridized carbons (Fsp3) is 0.500. The summed E-state index contributed by atoms with van der Waals surface area (Å²) in [5, 5.41) is 20.4. The van der Waals surface area contributed by atoms with Crippen molar-refractivity contribution in [3.05, 3.63) is 34.4 Å². The van der Waals surface area contributed by atoms with Gasteiger partial charge in [-0.15, -0.1) is 0 Å². The molecule has 7 nitrogen and oxygen atoms in total. The van der Waals surface area contributed by atoms with E-state index in [4.69, 9.17) is 4.74 Å². The van der Waals surface area contributed by atoms with Gasteiger partial charge in [0.2, 0.25) is 0 Å². The van der Waals surface area contributed by atoms with Gasteiger partial charge in [-0.05, 0) is 26.8 Å². The van der Waals surface area contributed by atoms with Crippen LogP contribution >= 0.6 is 0 Å². The number of ether oxygens (including phenoxy) is 1. The van der Waals surface area contributed by atoms with Crippen LogP contribution in [0.4, 0.5) is 5.69 Å². The van der Waals surface area contributed by atoms with Gasteiger partial charge in [-0.25, -0.2) is 0 Å². The van der Waals surface area contributed by atoms with E-state index in [1.807, 2.05) is 0 Å². The Labute approximate surface area is 123 Å². The predicted molar refractivity (Wildman–Crippen MR) is 77.1 cm³/mol. The first-order valence-electron chi connectivity index (χ1n) is 6.60. The Balaban J connectivity index is 2.63. The van der Waals surface area contributed by atoms with Crippen molar-refractivity contribution in [3.63, 3.8) is 0 Å². The number of carbonyl (C=O) groups is 1. The molecule has 0 unspecified atom stereocenters. The van der Waals surface area contributed by atoms with Crippen LogP contribution < -0.4 is 4.74 Å². The zero-order valence-electron chi connectivity index (χ0n) is 12.4. The van der Waals surface area contributed by atoms with Gasteiger partial charge in [0.25, 0.3) is 11.6 Å². The third-order valence-electron chi connectivity index (χ3n) is 2.70. The van der Waals surface area contributed by atoms with Crippen LogP contribution in [0.15, 0.2) is 24.3 Å². The number of hydrogen-bond acceptors (Lipinski definition) is 5. The van der Waals surface area contributed by atoms with Crippen molar-refractivity contribution in [3.8, 4) is 5.75 Å². The van der Waals surface area contributed by atoms with Gasteiger partial charge >= 0.3 is 0 Å². The highest BCUT2D eigenvalue weighted by molar-refractivity contribution is 5.77. The standard InChI is InChI=1S/C14H20N2O5/c1-4-15(10-14(2,3)18)13(17)9-21-12-7-5-6-11(8-12)16(19)20/h5-8,18H,4,9-10H2,1-3H3. The number of rotatable bonds is 7. The molecule has 1 N–H and O–H groups in total. The number of hydrogen-bond donors (Lipinski definition) is 1. The van der Waals surface area contributed by atoms with Crippen LogP contribution in [0, 0.1) is 10.1 Å². The van der Waals surface area contributed by atoms with E-state index in [0.29, 0.717) is 6.54 Å². The predicted octanol–water partition coefficient (Wildman–Crippen LogP) is 1.59. The average Bonchev–Trinajstić information content (AvgIpc) is 2.41. The topological polar surface area (TPSA) is 92.9 Å². The lowest BCUT2D eigenvalue weighted by Crippen LogP contribution is -2.44. The minimum Gasteiger partial charge on any atom is -0.484 e. The third kappa shape index (κ3) is 5.78. The number of nitrogens with zero attached hydrogens (tertiary/aromatic N) is 2. The normalized spacial score (nSPS) is 11.0. The number of likely N-dealkylation sites (N-methyl/N-ethyl adjacent to an activating group) is 1. The van der Waals surface area contributed by atoms with Gasteiger partial charge in [-0.3, -0.25) is 14.9 Å². The first-order valence-corrected chi connectivity index (χ1v) is 6.60.